The van der Waals surface area contributed by atoms with Gasteiger partial charge in [-0.15, -0.1) is 0 Å². The van der Waals surface area contributed by atoms with E-state index in [9.17, 15) is 27.2 Å². The van der Waals surface area contributed by atoms with Gasteiger partial charge in [0.05, 0.1) is 11.4 Å². The first-order valence-electron chi connectivity index (χ1n) is 9.82. The van der Waals surface area contributed by atoms with Crippen molar-refractivity contribution in [1.29, 1.82) is 0 Å². The molecule has 0 aromatic heterocycles. The van der Waals surface area contributed by atoms with Crippen LogP contribution in [-0.2, 0) is 18.1 Å². The smallest absolute Gasteiger partial charge is 0.248 e. The fourth-order valence-electron chi connectivity index (χ4n) is 4.12. The summed E-state index contributed by atoms with van der Waals surface area (Å²) in [6.07, 6.45) is 4.82. The minimum Gasteiger partial charge on any atom is -0.366 e. The largest absolute Gasteiger partial charge is 0.366 e. The Morgan fingerprint density at radius 3 is 2.34 bits per heavy atom. The summed E-state index contributed by atoms with van der Waals surface area (Å²) in [5, 5.41) is 0. The first-order chi connectivity index (χ1) is 15.3. The first kappa shape index (κ1) is 21.5. The monoisotopic (exact) mass is 442 g/mol. The lowest BCUT2D eigenvalue weighted by atomic mass is 9.85. The van der Waals surface area contributed by atoms with E-state index in [0.717, 1.165) is 12.1 Å². The van der Waals surface area contributed by atoms with Crippen molar-refractivity contribution in [3.8, 4) is 0 Å². The Hall–Kier alpha value is -3.68. The Labute approximate surface area is 181 Å². The number of nitrogens with two attached hydrogens (primary N) is 1. The van der Waals surface area contributed by atoms with Gasteiger partial charge < -0.3 is 10.6 Å². The number of hydrogen-bond acceptors (Lipinski definition) is 3. The zero-order chi connectivity index (χ0) is 23.0. The summed E-state index contributed by atoms with van der Waals surface area (Å²) < 4.78 is 55.8. The SMILES string of the molecule is NC(=O)c1cc(CF)c(C2=C3C=CC=C(c4ccc(F)cc4F)N3CCC2=O)c(CF)c1. The summed E-state index contributed by atoms with van der Waals surface area (Å²) in [5.74, 6) is -2.68. The molecule has 0 atom stereocenters. The summed E-state index contributed by atoms with van der Waals surface area (Å²) in [6, 6.07) is 5.60. The summed E-state index contributed by atoms with van der Waals surface area (Å²) in [4.78, 5) is 26.2. The number of carbonyl (C=O) groups is 2. The van der Waals surface area contributed by atoms with Crippen LogP contribution in [0.5, 0.6) is 0 Å². The predicted molar refractivity (Wildman–Crippen MR) is 111 cm³/mol. The molecule has 32 heavy (non-hydrogen) atoms. The van der Waals surface area contributed by atoms with Crippen molar-refractivity contribution < 1.29 is 27.2 Å². The predicted octanol–water partition coefficient (Wildman–Crippen LogP) is 4.60. The molecule has 4 rings (SSSR count). The maximum absolute atomic E-state index is 14.5. The van der Waals surface area contributed by atoms with E-state index >= 15 is 0 Å². The maximum Gasteiger partial charge on any atom is 0.248 e. The molecule has 2 aliphatic heterocycles. The van der Waals surface area contributed by atoms with E-state index in [1.54, 1.807) is 23.1 Å². The lowest BCUT2D eigenvalue weighted by Crippen LogP contribution is -2.32. The van der Waals surface area contributed by atoms with Gasteiger partial charge in [0.1, 0.15) is 25.0 Å². The lowest BCUT2D eigenvalue weighted by molar-refractivity contribution is -0.114. The second-order valence-corrected chi connectivity index (χ2v) is 7.42. The average Bonchev–Trinajstić information content (AvgIpc) is 2.78. The molecule has 0 fully saturated rings. The van der Waals surface area contributed by atoms with Crippen LogP contribution in [0.4, 0.5) is 17.6 Å². The average molecular weight is 442 g/mol. The van der Waals surface area contributed by atoms with E-state index in [1.807, 2.05) is 0 Å². The Bertz CT molecular complexity index is 1210. The molecule has 164 valence electrons. The van der Waals surface area contributed by atoms with Crippen LogP contribution in [0.2, 0.25) is 0 Å². The normalized spacial score (nSPS) is 15.7. The van der Waals surface area contributed by atoms with Crippen LogP contribution in [0.1, 0.15) is 39.0 Å². The molecule has 8 heteroatoms. The van der Waals surface area contributed by atoms with Crippen molar-refractivity contribution >= 4 is 23.0 Å². The third-order valence-electron chi connectivity index (χ3n) is 5.52. The lowest BCUT2D eigenvalue weighted by Gasteiger charge is -2.36. The van der Waals surface area contributed by atoms with Crippen LogP contribution in [0, 0.1) is 11.6 Å². The number of primary amides is 1. The molecule has 2 heterocycles. The third-order valence-corrected chi connectivity index (χ3v) is 5.52. The molecule has 2 aromatic carbocycles. The number of halogens is 4. The van der Waals surface area contributed by atoms with Crippen molar-refractivity contribution in [2.45, 2.75) is 19.8 Å². The first-order valence-corrected chi connectivity index (χ1v) is 9.82. The quantitative estimate of drug-likeness (QED) is 0.689. The fraction of sp³-hybridized carbons (Fsp3) is 0.167. The van der Waals surface area contributed by atoms with E-state index in [1.165, 1.54) is 18.2 Å². The molecule has 0 bridgehead atoms. The molecular formula is C24H18F4N2O2. The molecule has 2 aliphatic rings. The molecule has 0 unspecified atom stereocenters. The van der Waals surface area contributed by atoms with Gasteiger partial charge in [-0.25, -0.2) is 17.6 Å². The number of carbonyl (C=O) groups excluding carboxylic acids is 2. The minimum absolute atomic E-state index is 0.0157. The van der Waals surface area contributed by atoms with Gasteiger partial charge in [0.25, 0.3) is 0 Å². The zero-order valence-corrected chi connectivity index (χ0v) is 16.8. The van der Waals surface area contributed by atoms with Gasteiger partial charge in [-0.3, -0.25) is 9.59 Å². The number of allylic oxidation sites excluding steroid dienone is 4. The number of fused-ring (bicyclic) bond motifs is 1. The van der Waals surface area contributed by atoms with Crippen LogP contribution in [0.15, 0.2) is 54.3 Å². The van der Waals surface area contributed by atoms with Gasteiger partial charge in [0.2, 0.25) is 5.91 Å². The van der Waals surface area contributed by atoms with E-state index < -0.39 is 30.9 Å². The minimum atomic E-state index is -1.05. The molecule has 2 N–H and O–H groups in total. The van der Waals surface area contributed by atoms with Gasteiger partial charge in [-0.1, -0.05) is 6.08 Å². The number of hydrogen-bond donors (Lipinski definition) is 1. The Kier molecular flexibility index (Phi) is 5.69. The molecule has 0 saturated heterocycles. The molecule has 4 nitrogen and oxygen atoms in total. The number of amides is 1. The van der Waals surface area contributed by atoms with Crippen LogP contribution in [0.25, 0.3) is 11.3 Å². The zero-order valence-electron chi connectivity index (χ0n) is 16.8. The molecule has 0 aliphatic carbocycles. The Balaban J connectivity index is 1.93. The molecular weight excluding hydrogens is 424 g/mol. The van der Waals surface area contributed by atoms with Crippen LogP contribution >= 0.6 is 0 Å². The van der Waals surface area contributed by atoms with Crippen molar-refractivity contribution in [1.82, 2.24) is 4.90 Å². The topological polar surface area (TPSA) is 63.4 Å². The van der Waals surface area contributed by atoms with Gasteiger partial charge >= 0.3 is 0 Å². The summed E-state index contributed by atoms with van der Waals surface area (Å²) in [5.41, 5.74) is 6.15. The Morgan fingerprint density at radius 1 is 1.06 bits per heavy atom. The van der Waals surface area contributed by atoms with E-state index in [4.69, 9.17) is 5.73 Å². The van der Waals surface area contributed by atoms with Crippen LogP contribution in [0.3, 0.4) is 0 Å². The van der Waals surface area contributed by atoms with Gasteiger partial charge in [0.15, 0.2) is 5.78 Å². The molecule has 0 radical (unpaired) electrons. The van der Waals surface area contributed by atoms with Gasteiger partial charge in [-0.2, -0.15) is 0 Å². The fourth-order valence-corrected chi connectivity index (χ4v) is 4.12. The van der Waals surface area contributed by atoms with Crippen molar-refractivity contribution in [3.63, 3.8) is 0 Å². The third kappa shape index (κ3) is 3.62. The number of rotatable bonds is 5. The highest BCUT2D eigenvalue weighted by atomic mass is 19.1. The van der Waals surface area contributed by atoms with Gasteiger partial charge in [0, 0.05) is 35.7 Å². The number of ketones is 1. The highest BCUT2D eigenvalue weighted by Crippen LogP contribution is 2.40. The highest BCUT2D eigenvalue weighted by molar-refractivity contribution is 6.24. The number of nitrogens with zero attached hydrogens (tertiary/aromatic N) is 1. The summed E-state index contributed by atoms with van der Waals surface area (Å²) in [6.45, 7) is -1.89. The molecule has 0 saturated carbocycles. The second-order valence-electron chi connectivity index (χ2n) is 7.42. The molecule has 2 aromatic rings. The summed E-state index contributed by atoms with van der Waals surface area (Å²) >= 11 is 0. The van der Waals surface area contributed by atoms with Gasteiger partial charge in [-0.05, 0) is 53.1 Å². The maximum atomic E-state index is 14.5. The highest BCUT2D eigenvalue weighted by Gasteiger charge is 2.33. The van der Waals surface area contributed by atoms with E-state index in [-0.39, 0.29) is 52.1 Å². The van der Waals surface area contributed by atoms with Crippen molar-refractivity contribution in [2.24, 2.45) is 5.73 Å². The number of alkyl halides is 2. The second kappa shape index (κ2) is 8.45. The van der Waals surface area contributed by atoms with Crippen LogP contribution in [-0.4, -0.2) is 23.1 Å². The molecule has 0 spiro atoms. The van der Waals surface area contributed by atoms with E-state index in [2.05, 4.69) is 0 Å². The number of Topliss-reactive ketones (excluding diaryl/α,β-unsaturated/α-hetero) is 1. The van der Waals surface area contributed by atoms with Crippen molar-refractivity contribution in [3.05, 3.63) is 93.7 Å². The van der Waals surface area contributed by atoms with Crippen molar-refractivity contribution in [2.75, 3.05) is 6.54 Å². The summed E-state index contributed by atoms with van der Waals surface area (Å²) in [7, 11) is 0. The Morgan fingerprint density at radius 2 is 1.75 bits per heavy atom. The molecule has 1 amide bonds. The number of benzene rings is 2. The van der Waals surface area contributed by atoms with E-state index in [0.29, 0.717) is 11.4 Å². The standard InChI is InChI=1S/C24H18F4N2O2/c25-11-14-8-13(24(29)32)9-15(12-26)22(14)23-20-3-1-2-19(30(20)7-6-21(23)31)17-5-4-16(27)10-18(17)28/h1-5,8-10H,6-7,11-12H2,(H2,29,32). The van der Waals surface area contributed by atoms with Crippen LogP contribution < -0.4 is 5.73 Å².